The molecule has 4 rings (SSSR count). The van der Waals surface area contributed by atoms with Crippen LogP contribution in [0.5, 0.6) is 0 Å². The van der Waals surface area contributed by atoms with E-state index in [0.717, 1.165) is 40.3 Å². The molecule has 4 aliphatic rings. The molecule has 1 unspecified atom stereocenters. The maximum atomic E-state index is 3.93. The first-order chi connectivity index (χ1) is 13.3. The Balaban J connectivity index is 1.49. The number of alkyl halides is 1. The highest BCUT2D eigenvalue weighted by Gasteiger charge is 2.58. The average Bonchev–Trinajstić information content (AvgIpc) is 2.99. The molecule has 0 radical (unpaired) electrons. The van der Waals surface area contributed by atoms with E-state index in [1.807, 2.05) is 5.57 Å². The summed E-state index contributed by atoms with van der Waals surface area (Å²) in [4.78, 5) is 0.736. The Hall–Kier alpha value is 0.220. The molecule has 0 aromatic heterocycles. The second-order valence-electron chi connectivity index (χ2n) is 12.1. The van der Waals surface area contributed by atoms with Gasteiger partial charge >= 0.3 is 0 Å². The molecule has 1 heteroatoms. The maximum absolute atomic E-state index is 3.93. The predicted octanol–water partition coefficient (Wildman–Crippen LogP) is 8.79. The van der Waals surface area contributed by atoms with Crippen molar-refractivity contribution in [1.82, 2.24) is 0 Å². The topological polar surface area (TPSA) is 0 Å². The fraction of sp³-hybridized carbons (Fsp3) is 0.926. The Bertz CT molecular complexity index is 591. The van der Waals surface area contributed by atoms with Crippen molar-refractivity contribution in [3.63, 3.8) is 0 Å². The lowest BCUT2D eigenvalue weighted by molar-refractivity contribution is -0.0496. The van der Waals surface area contributed by atoms with Crippen LogP contribution in [0.3, 0.4) is 0 Å². The molecule has 3 fully saturated rings. The minimum Gasteiger partial charge on any atom is -0.0887 e. The van der Waals surface area contributed by atoms with Crippen LogP contribution in [0.25, 0.3) is 0 Å². The fourth-order valence-corrected chi connectivity index (χ4v) is 9.22. The van der Waals surface area contributed by atoms with Crippen LogP contribution in [-0.2, 0) is 0 Å². The summed E-state index contributed by atoms with van der Waals surface area (Å²) in [5.41, 5.74) is 2.98. The van der Waals surface area contributed by atoms with Crippen molar-refractivity contribution in [2.75, 3.05) is 0 Å². The van der Waals surface area contributed by atoms with Gasteiger partial charge in [0, 0.05) is 4.83 Å². The Morgan fingerprint density at radius 1 is 1.00 bits per heavy atom. The Morgan fingerprint density at radius 2 is 1.79 bits per heavy atom. The second-order valence-corrected chi connectivity index (χ2v) is 13.4. The summed E-state index contributed by atoms with van der Waals surface area (Å²) in [5.74, 6) is 5.74. The Kier molecular flexibility index (Phi) is 6.17. The summed E-state index contributed by atoms with van der Waals surface area (Å²) in [6, 6.07) is 0. The third kappa shape index (κ3) is 3.58. The summed E-state index contributed by atoms with van der Waals surface area (Å²) in [7, 11) is 0. The molecule has 0 amide bonds. The van der Waals surface area contributed by atoms with Gasteiger partial charge in [-0.05, 0) is 97.7 Å². The lowest BCUT2D eigenvalue weighted by Crippen LogP contribution is -2.50. The minimum atomic E-state index is 0.523. The Labute approximate surface area is 183 Å². The zero-order valence-corrected chi connectivity index (χ0v) is 20.9. The van der Waals surface area contributed by atoms with Crippen LogP contribution in [0, 0.1) is 46.3 Å². The monoisotopic (exact) mass is 448 g/mol. The van der Waals surface area contributed by atoms with Crippen LogP contribution < -0.4 is 0 Å². The minimum absolute atomic E-state index is 0.523. The van der Waals surface area contributed by atoms with Crippen molar-refractivity contribution in [3.8, 4) is 0 Å². The van der Waals surface area contributed by atoms with E-state index < -0.39 is 0 Å². The third-order valence-electron chi connectivity index (χ3n) is 10.2. The van der Waals surface area contributed by atoms with E-state index in [0.29, 0.717) is 10.8 Å². The third-order valence-corrected chi connectivity index (χ3v) is 11.0. The normalized spacial score (nSPS) is 46.5. The summed E-state index contributed by atoms with van der Waals surface area (Å²) in [5, 5.41) is 0. The molecule has 0 spiro atoms. The molecule has 4 aliphatic carbocycles. The van der Waals surface area contributed by atoms with Crippen molar-refractivity contribution in [1.29, 1.82) is 0 Å². The van der Waals surface area contributed by atoms with Gasteiger partial charge in [-0.25, -0.2) is 0 Å². The van der Waals surface area contributed by atoms with E-state index in [-0.39, 0.29) is 0 Å². The number of hydrogen-bond acceptors (Lipinski definition) is 0. The zero-order chi connectivity index (χ0) is 20.1. The van der Waals surface area contributed by atoms with E-state index in [1.54, 1.807) is 0 Å². The number of allylic oxidation sites excluding steroid dienone is 2. The molecule has 0 aromatic carbocycles. The van der Waals surface area contributed by atoms with E-state index in [9.17, 15) is 0 Å². The lowest BCUT2D eigenvalue weighted by Gasteiger charge is -2.58. The first kappa shape index (κ1) is 21.5. The molecule has 0 heterocycles. The molecule has 3 saturated carbocycles. The zero-order valence-electron chi connectivity index (χ0n) is 19.3. The largest absolute Gasteiger partial charge is 0.0887 e. The van der Waals surface area contributed by atoms with Crippen LogP contribution in [0.15, 0.2) is 11.6 Å². The van der Waals surface area contributed by atoms with Gasteiger partial charge in [-0.3, -0.25) is 0 Å². The van der Waals surface area contributed by atoms with Crippen molar-refractivity contribution < 1.29 is 0 Å². The summed E-state index contributed by atoms with van der Waals surface area (Å²) >= 11 is 3.93. The van der Waals surface area contributed by atoms with Gasteiger partial charge in [0.15, 0.2) is 0 Å². The average molecular weight is 450 g/mol. The van der Waals surface area contributed by atoms with Crippen LogP contribution in [-0.4, -0.2) is 4.83 Å². The second kappa shape index (κ2) is 8.05. The van der Waals surface area contributed by atoms with Crippen LogP contribution in [0.1, 0.15) is 105 Å². The maximum Gasteiger partial charge on any atom is 0.0183 e. The fourth-order valence-electron chi connectivity index (χ4n) is 8.64. The number of rotatable bonds is 5. The van der Waals surface area contributed by atoms with Gasteiger partial charge in [-0.2, -0.15) is 0 Å². The van der Waals surface area contributed by atoms with Gasteiger partial charge in [0.05, 0.1) is 0 Å². The molecule has 0 nitrogen and oxygen atoms in total. The number of fused-ring (bicyclic) bond motifs is 5. The van der Waals surface area contributed by atoms with Crippen molar-refractivity contribution in [3.05, 3.63) is 11.6 Å². The molecule has 0 bridgehead atoms. The van der Waals surface area contributed by atoms with Gasteiger partial charge in [0.25, 0.3) is 0 Å². The summed E-state index contributed by atoms with van der Waals surface area (Å²) < 4.78 is 0. The highest BCUT2D eigenvalue weighted by molar-refractivity contribution is 9.09. The van der Waals surface area contributed by atoms with Gasteiger partial charge in [0.1, 0.15) is 0 Å². The molecule has 8 atom stereocenters. The summed E-state index contributed by atoms with van der Waals surface area (Å²) in [6.07, 6.45) is 18.6. The van der Waals surface area contributed by atoms with Gasteiger partial charge in [-0.1, -0.05) is 81.5 Å². The molecule has 0 aromatic rings. The van der Waals surface area contributed by atoms with Crippen molar-refractivity contribution >= 4 is 15.9 Å². The first-order valence-corrected chi connectivity index (χ1v) is 13.5. The van der Waals surface area contributed by atoms with Gasteiger partial charge in [0.2, 0.25) is 0 Å². The standard InChI is InChI=1S/C27H45Br/c1-18(2)7-6-8-19(3)23-11-12-24-22-10-9-20-17-21(28)13-15-26(20,4)25(22)14-16-27(23,24)5/h9,18-19,21-25H,6-8,10-17H2,1-5H3/t19-,21?,22+,23-,24+,25+,26+,27-/m1/s1. The predicted molar refractivity (Wildman–Crippen MR) is 126 cm³/mol. The number of hydrogen-bond donors (Lipinski definition) is 0. The highest BCUT2D eigenvalue weighted by Crippen LogP contribution is 2.67. The van der Waals surface area contributed by atoms with E-state index in [4.69, 9.17) is 0 Å². The van der Waals surface area contributed by atoms with Crippen LogP contribution in [0.2, 0.25) is 0 Å². The van der Waals surface area contributed by atoms with Crippen molar-refractivity contribution in [2.24, 2.45) is 46.3 Å². The number of halogens is 1. The molecule has 160 valence electrons. The van der Waals surface area contributed by atoms with E-state index >= 15 is 0 Å². The van der Waals surface area contributed by atoms with Crippen LogP contribution >= 0.6 is 15.9 Å². The molecule has 0 N–H and O–H groups in total. The van der Waals surface area contributed by atoms with E-state index in [2.05, 4.69) is 56.6 Å². The quantitative estimate of drug-likeness (QED) is 0.291. The SMILES string of the molecule is CC(C)CCC[C@@H](C)[C@H]1CC[C@H]2[C@@H]3CC=C4CC(Br)CC[C@]4(C)[C@H]3CC[C@]12C. The van der Waals surface area contributed by atoms with Gasteiger partial charge in [-0.15, -0.1) is 0 Å². The highest BCUT2D eigenvalue weighted by atomic mass is 79.9. The Morgan fingerprint density at radius 3 is 2.54 bits per heavy atom. The van der Waals surface area contributed by atoms with Crippen LogP contribution in [0.4, 0.5) is 0 Å². The lowest BCUT2D eigenvalue weighted by atomic mass is 9.47. The molecule has 0 saturated heterocycles. The summed E-state index contributed by atoms with van der Waals surface area (Å²) in [6.45, 7) is 12.7. The molecular formula is C27H45Br. The molecular weight excluding hydrogens is 404 g/mol. The smallest absolute Gasteiger partial charge is 0.0183 e. The molecule has 0 aliphatic heterocycles. The van der Waals surface area contributed by atoms with Gasteiger partial charge < -0.3 is 0 Å². The first-order valence-electron chi connectivity index (χ1n) is 12.6. The van der Waals surface area contributed by atoms with Crippen molar-refractivity contribution in [2.45, 2.75) is 110 Å². The van der Waals surface area contributed by atoms with E-state index in [1.165, 1.54) is 70.6 Å². The molecule has 28 heavy (non-hydrogen) atoms.